The highest BCUT2D eigenvalue weighted by Crippen LogP contribution is 2.36. The first-order chi connectivity index (χ1) is 8.56. The third kappa shape index (κ3) is 4.56. The second-order valence-electron chi connectivity index (χ2n) is 5.77. The Labute approximate surface area is 109 Å². The first-order valence-corrected chi connectivity index (χ1v) is 6.70. The average Bonchev–Trinajstić information content (AvgIpc) is 2.27. The van der Waals surface area contributed by atoms with Crippen LogP contribution in [-0.4, -0.2) is 24.2 Å². The minimum absolute atomic E-state index is 0.230. The van der Waals surface area contributed by atoms with Gasteiger partial charge in [0.2, 0.25) is 12.2 Å². The molecule has 0 amide bonds. The second kappa shape index (κ2) is 7.25. The maximum Gasteiger partial charge on any atom is 0.235 e. The van der Waals surface area contributed by atoms with Gasteiger partial charge in [0.1, 0.15) is 0 Å². The highest BCUT2D eigenvalue weighted by molar-refractivity contribution is 5.36. The molecular weight excluding hydrogens is 228 g/mol. The van der Waals surface area contributed by atoms with Crippen LogP contribution in [0.3, 0.4) is 0 Å². The van der Waals surface area contributed by atoms with Crippen molar-refractivity contribution in [3.05, 3.63) is 0 Å². The van der Waals surface area contributed by atoms with E-state index < -0.39 is 0 Å². The molecule has 1 rings (SSSR count). The van der Waals surface area contributed by atoms with Crippen LogP contribution in [0.1, 0.15) is 46.5 Å². The van der Waals surface area contributed by atoms with Gasteiger partial charge in [0.15, 0.2) is 0 Å². The van der Waals surface area contributed by atoms with Gasteiger partial charge < -0.3 is 0 Å². The van der Waals surface area contributed by atoms with E-state index in [1.54, 1.807) is 19.1 Å². The van der Waals surface area contributed by atoms with Crippen LogP contribution in [0.4, 0.5) is 0 Å². The third-order valence-corrected chi connectivity index (χ3v) is 3.88. The van der Waals surface area contributed by atoms with Gasteiger partial charge in [-0.2, -0.15) is 0 Å². The predicted octanol–water partition coefficient (Wildman–Crippen LogP) is 2.88. The Morgan fingerprint density at radius 3 is 2.11 bits per heavy atom. The van der Waals surface area contributed by atoms with Gasteiger partial charge >= 0.3 is 0 Å². The molecule has 0 saturated heterocycles. The lowest BCUT2D eigenvalue weighted by Crippen LogP contribution is -2.27. The lowest BCUT2D eigenvalue weighted by molar-refractivity contribution is 0.198. The first kappa shape index (κ1) is 14.8. The van der Waals surface area contributed by atoms with Crippen molar-refractivity contribution in [1.82, 2.24) is 0 Å². The van der Waals surface area contributed by atoms with Gasteiger partial charge in [0.25, 0.3) is 0 Å². The summed E-state index contributed by atoms with van der Waals surface area (Å²) >= 11 is 0. The standard InChI is InChI=1S/C14H22N2O2/c1-10-4-11(2)6-13(5-10)7-14(16-9-18)12(3)15-8-17/h10-14H,4-7H2,1-3H3. The van der Waals surface area contributed by atoms with E-state index in [0.29, 0.717) is 5.92 Å². The van der Waals surface area contributed by atoms with Crippen molar-refractivity contribution in [1.29, 1.82) is 0 Å². The zero-order valence-electron chi connectivity index (χ0n) is 11.4. The van der Waals surface area contributed by atoms with Crippen LogP contribution in [0.5, 0.6) is 0 Å². The molecule has 1 aliphatic carbocycles. The lowest BCUT2D eigenvalue weighted by atomic mass is 9.74. The summed E-state index contributed by atoms with van der Waals surface area (Å²) in [5.41, 5.74) is 0. The van der Waals surface area contributed by atoms with E-state index in [0.717, 1.165) is 18.3 Å². The van der Waals surface area contributed by atoms with Crippen LogP contribution in [0, 0.1) is 17.8 Å². The Bertz CT molecular complexity index is 347. The van der Waals surface area contributed by atoms with Crippen LogP contribution in [0.15, 0.2) is 9.98 Å². The smallest absolute Gasteiger partial charge is 0.211 e. The van der Waals surface area contributed by atoms with Crippen LogP contribution in [-0.2, 0) is 9.59 Å². The molecule has 0 bridgehead atoms. The van der Waals surface area contributed by atoms with Gasteiger partial charge in [-0.3, -0.25) is 0 Å². The quantitative estimate of drug-likeness (QED) is 0.556. The molecule has 4 atom stereocenters. The molecule has 4 unspecified atom stereocenters. The van der Waals surface area contributed by atoms with Gasteiger partial charge in [-0.05, 0) is 50.4 Å². The van der Waals surface area contributed by atoms with Gasteiger partial charge in [-0.1, -0.05) is 13.8 Å². The Morgan fingerprint density at radius 1 is 1.06 bits per heavy atom. The zero-order valence-corrected chi connectivity index (χ0v) is 11.4. The number of aliphatic imine (C=N–C) groups is 2. The highest BCUT2D eigenvalue weighted by Gasteiger charge is 2.28. The Balaban J connectivity index is 2.65. The second-order valence-corrected chi connectivity index (χ2v) is 5.77. The van der Waals surface area contributed by atoms with Crippen molar-refractivity contribution in [3.63, 3.8) is 0 Å². The predicted molar refractivity (Wildman–Crippen MR) is 69.8 cm³/mol. The summed E-state index contributed by atoms with van der Waals surface area (Å²) in [7, 11) is 0. The minimum Gasteiger partial charge on any atom is -0.211 e. The molecule has 0 aromatic carbocycles. The van der Waals surface area contributed by atoms with Crippen molar-refractivity contribution in [2.75, 3.05) is 0 Å². The summed E-state index contributed by atoms with van der Waals surface area (Å²) in [5.74, 6) is 2.02. The molecule has 0 radical (unpaired) electrons. The van der Waals surface area contributed by atoms with Crippen LogP contribution in [0.25, 0.3) is 0 Å². The minimum atomic E-state index is -0.281. The largest absolute Gasteiger partial charge is 0.235 e. The lowest BCUT2D eigenvalue weighted by Gasteiger charge is -2.33. The number of hydrogen-bond acceptors (Lipinski definition) is 4. The van der Waals surface area contributed by atoms with Crippen molar-refractivity contribution < 1.29 is 9.59 Å². The molecule has 0 spiro atoms. The molecule has 0 aromatic heterocycles. The van der Waals surface area contributed by atoms with Gasteiger partial charge in [-0.25, -0.2) is 19.6 Å². The van der Waals surface area contributed by atoms with Gasteiger partial charge in [-0.15, -0.1) is 0 Å². The van der Waals surface area contributed by atoms with E-state index in [1.807, 2.05) is 0 Å². The maximum atomic E-state index is 10.5. The molecule has 0 aromatic rings. The van der Waals surface area contributed by atoms with Crippen molar-refractivity contribution >= 4 is 12.2 Å². The van der Waals surface area contributed by atoms with Crippen molar-refractivity contribution in [3.8, 4) is 0 Å². The number of nitrogens with zero attached hydrogens (tertiary/aromatic N) is 2. The van der Waals surface area contributed by atoms with E-state index >= 15 is 0 Å². The highest BCUT2D eigenvalue weighted by atomic mass is 16.1. The topological polar surface area (TPSA) is 58.9 Å². The van der Waals surface area contributed by atoms with Crippen LogP contribution >= 0.6 is 0 Å². The van der Waals surface area contributed by atoms with Gasteiger partial charge in [0, 0.05) is 0 Å². The summed E-state index contributed by atoms with van der Waals surface area (Å²) in [6, 6.07) is -0.511. The molecular formula is C14H22N2O2. The van der Waals surface area contributed by atoms with E-state index in [2.05, 4.69) is 23.8 Å². The fourth-order valence-corrected chi connectivity index (χ4v) is 3.24. The van der Waals surface area contributed by atoms with E-state index in [4.69, 9.17) is 0 Å². The molecule has 1 aliphatic rings. The number of hydrogen-bond donors (Lipinski definition) is 0. The Morgan fingerprint density at radius 2 is 1.61 bits per heavy atom. The summed E-state index contributed by atoms with van der Waals surface area (Å²) in [6.45, 7) is 6.34. The Hall–Kier alpha value is -1.24. The molecule has 0 aliphatic heterocycles. The summed E-state index contributed by atoms with van der Waals surface area (Å²) in [5, 5.41) is 0. The summed E-state index contributed by atoms with van der Waals surface area (Å²) < 4.78 is 0. The van der Waals surface area contributed by atoms with E-state index in [1.165, 1.54) is 19.3 Å². The van der Waals surface area contributed by atoms with Crippen molar-refractivity contribution in [2.24, 2.45) is 27.7 Å². The molecule has 0 N–H and O–H groups in total. The summed E-state index contributed by atoms with van der Waals surface area (Å²) in [6.07, 6.45) is 7.59. The molecule has 100 valence electrons. The van der Waals surface area contributed by atoms with Crippen LogP contribution < -0.4 is 0 Å². The monoisotopic (exact) mass is 250 g/mol. The zero-order chi connectivity index (χ0) is 13.5. The molecule has 1 saturated carbocycles. The first-order valence-electron chi connectivity index (χ1n) is 6.70. The molecule has 18 heavy (non-hydrogen) atoms. The SMILES string of the molecule is CC1CC(C)CC(CC(N=C=O)C(C)N=C=O)C1. The summed E-state index contributed by atoms with van der Waals surface area (Å²) in [4.78, 5) is 28.2. The average molecular weight is 250 g/mol. The molecule has 1 fully saturated rings. The molecule has 4 heteroatoms. The number of carbonyl (C=O) groups excluding carboxylic acids is 2. The van der Waals surface area contributed by atoms with E-state index in [9.17, 15) is 9.59 Å². The molecule has 0 heterocycles. The normalized spacial score (nSPS) is 30.7. The third-order valence-electron chi connectivity index (χ3n) is 3.88. The van der Waals surface area contributed by atoms with Gasteiger partial charge in [0.05, 0.1) is 12.1 Å². The van der Waals surface area contributed by atoms with Crippen LogP contribution in [0.2, 0.25) is 0 Å². The fourth-order valence-electron chi connectivity index (χ4n) is 3.24. The number of isocyanates is 2. The fraction of sp³-hybridized carbons (Fsp3) is 0.857. The maximum absolute atomic E-state index is 10.5. The van der Waals surface area contributed by atoms with Crippen molar-refractivity contribution in [2.45, 2.75) is 58.5 Å². The number of rotatable bonds is 5. The van der Waals surface area contributed by atoms with E-state index in [-0.39, 0.29) is 12.1 Å². The Kier molecular flexibility index (Phi) is 5.97. The molecule has 4 nitrogen and oxygen atoms in total.